The largest absolute Gasteiger partial charge is 0.478 e. The van der Waals surface area contributed by atoms with Crippen LogP contribution in [0.1, 0.15) is 22.6 Å². The summed E-state index contributed by atoms with van der Waals surface area (Å²) in [6.45, 7) is -1.21. The van der Waals surface area contributed by atoms with Gasteiger partial charge in [0, 0.05) is 11.1 Å². The maximum absolute atomic E-state index is 12.5. The van der Waals surface area contributed by atoms with E-state index >= 15 is 0 Å². The molecule has 4 nitrogen and oxygen atoms in total. The smallest absolute Gasteiger partial charge is 0.335 e. The normalized spacial score (nSPS) is 11.2. The minimum Gasteiger partial charge on any atom is -0.478 e. The van der Waals surface area contributed by atoms with Crippen LogP contribution < -0.4 is 0 Å². The van der Waals surface area contributed by atoms with E-state index in [4.69, 9.17) is 5.11 Å². The number of halogens is 2. The van der Waals surface area contributed by atoms with Crippen molar-refractivity contribution in [3.8, 4) is 0 Å². The van der Waals surface area contributed by atoms with Crippen LogP contribution in [0, 0.1) is 6.92 Å². The fourth-order valence-electron chi connectivity index (χ4n) is 1.56. The summed E-state index contributed by atoms with van der Waals surface area (Å²) < 4.78 is 25.6. The molecule has 0 amide bonds. The van der Waals surface area contributed by atoms with Crippen molar-refractivity contribution in [2.75, 3.05) is 0 Å². The Kier molecular flexibility index (Phi) is 2.34. The molecule has 6 heteroatoms. The molecule has 0 aliphatic heterocycles. The molecule has 0 atom stereocenters. The molecule has 1 heterocycles. The Labute approximate surface area is 89.1 Å². The molecule has 0 radical (unpaired) electrons. The van der Waals surface area contributed by atoms with Gasteiger partial charge in [0.05, 0.1) is 11.1 Å². The van der Waals surface area contributed by atoms with Crippen LogP contribution in [0.25, 0.3) is 10.9 Å². The summed E-state index contributed by atoms with van der Waals surface area (Å²) in [6.07, 6.45) is 0. The Bertz CT molecular complexity index is 563. The van der Waals surface area contributed by atoms with E-state index < -0.39 is 12.5 Å². The zero-order chi connectivity index (χ0) is 11.9. The van der Waals surface area contributed by atoms with Crippen molar-refractivity contribution >= 4 is 16.9 Å². The average Bonchev–Trinajstić information content (AvgIpc) is 2.55. The molecule has 1 aromatic heterocycles. The first-order chi connectivity index (χ1) is 7.50. The number of aromatic nitrogens is 2. The predicted octanol–water partition coefficient (Wildman–Crippen LogP) is 2.44. The van der Waals surface area contributed by atoms with Gasteiger partial charge in [-0.25, -0.2) is 9.48 Å². The van der Waals surface area contributed by atoms with Gasteiger partial charge < -0.3 is 5.11 Å². The average molecular weight is 226 g/mol. The number of hydrogen-bond donors (Lipinski definition) is 1. The van der Waals surface area contributed by atoms with Gasteiger partial charge in [-0.15, -0.1) is 0 Å². The molecule has 0 saturated carbocycles. The molecule has 0 aliphatic carbocycles. The van der Waals surface area contributed by atoms with Crippen LogP contribution in [0.2, 0.25) is 0 Å². The van der Waals surface area contributed by atoms with Gasteiger partial charge in [-0.1, -0.05) is 6.07 Å². The van der Waals surface area contributed by atoms with Crippen molar-refractivity contribution in [1.29, 1.82) is 0 Å². The monoisotopic (exact) mass is 226 g/mol. The Balaban J connectivity index is 2.67. The summed E-state index contributed by atoms with van der Waals surface area (Å²) in [7, 11) is 0. The molecular formula is C10H8F2N2O2. The lowest BCUT2D eigenvalue weighted by molar-refractivity contribution is 0.0552. The fraction of sp³-hybridized carbons (Fsp3) is 0.200. The molecule has 2 aromatic rings. The van der Waals surface area contributed by atoms with Gasteiger partial charge in [0.1, 0.15) is 0 Å². The van der Waals surface area contributed by atoms with E-state index in [9.17, 15) is 13.6 Å². The predicted molar refractivity (Wildman–Crippen MR) is 52.7 cm³/mol. The highest BCUT2D eigenvalue weighted by molar-refractivity contribution is 5.93. The Hall–Kier alpha value is -1.98. The lowest BCUT2D eigenvalue weighted by Gasteiger charge is -1.99. The number of carboxylic acid groups (broad SMARTS) is 1. The van der Waals surface area contributed by atoms with Gasteiger partial charge in [0.25, 0.3) is 0 Å². The maximum Gasteiger partial charge on any atom is 0.335 e. The first-order valence-electron chi connectivity index (χ1n) is 4.51. The third kappa shape index (κ3) is 1.52. The van der Waals surface area contributed by atoms with E-state index in [0.717, 1.165) is 0 Å². The van der Waals surface area contributed by atoms with E-state index in [-0.39, 0.29) is 11.1 Å². The number of nitrogens with zero attached hydrogens (tertiary/aromatic N) is 2. The molecule has 1 N–H and O–H groups in total. The second kappa shape index (κ2) is 3.55. The van der Waals surface area contributed by atoms with Gasteiger partial charge in [0.2, 0.25) is 0 Å². The van der Waals surface area contributed by atoms with Gasteiger partial charge in [0.15, 0.2) is 0 Å². The van der Waals surface area contributed by atoms with E-state index in [1.165, 1.54) is 25.1 Å². The highest BCUT2D eigenvalue weighted by Gasteiger charge is 2.15. The van der Waals surface area contributed by atoms with E-state index in [1.54, 1.807) is 0 Å². The maximum atomic E-state index is 12.5. The zero-order valence-electron chi connectivity index (χ0n) is 8.32. The van der Waals surface area contributed by atoms with Gasteiger partial charge in [-0.2, -0.15) is 13.9 Å². The molecule has 0 unspecified atom stereocenters. The summed E-state index contributed by atoms with van der Waals surface area (Å²) in [5, 5.41) is 12.9. The number of hydrogen-bond acceptors (Lipinski definition) is 2. The number of carboxylic acids is 1. The Morgan fingerprint density at radius 1 is 1.50 bits per heavy atom. The van der Waals surface area contributed by atoms with Crippen LogP contribution >= 0.6 is 0 Å². The molecular weight excluding hydrogens is 218 g/mol. The van der Waals surface area contributed by atoms with E-state index in [1.807, 2.05) is 0 Å². The highest BCUT2D eigenvalue weighted by Crippen LogP contribution is 2.23. The summed E-state index contributed by atoms with van der Waals surface area (Å²) in [5.74, 6) is -1.11. The van der Waals surface area contributed by atoms with Crippen LogP contribution in [0.5, 0.6) is 0 Å². The summed E-state index contributed by atoms with van der Waals surface area (Å²) in [4.78, 5) is 10.7. The van der Waals surface area contributed by atoms with Crippen LogP contribution in [0.15, 0.2) is 18.2 Å². The topological polar surface area (TPSA) is 55.1 Å². The molecule has 0 fully saturated rings. The third-order valence-corrected chi connectivity index (χ3v) is 2.38. The number of rotatable bonds is 2. The van der Waals surface area contributed by atoms with Crippen LogP contribution in [0.4, 0.5) is 8.78 Å². The lowest BCUT2D eigenvalue weighted by atomic mass is 10.1. The van der Waals surface area contributed by atoms with E-state index in [0.29, 0.717) is 15.8 Å². The number of alkyl halides is 2. The van der Waals surface area contributed by atoms with E-state index in [2.05, 4.69) is 5.10 Å². The second-order valence-electron chi connectivity index (χ2n) is 3.34. The molecule has 84 valence electrons. The molecule has 16 heavy (non-hydrogen) atoms. The van der Waals surface area contributed by atoms with Crippen molar-refractivity contribution in [2.24, 2.45) is 0 Å². The Morgan fingerprint density at radius 3 is 2.75 bits per heavy atom. The van der Waals surface area contributed by atoms with Crippen LogP contribution in [0.3, 0.4) is 0 Å². The first-order valence-corrected chi connectivity index (χ1v) is 4.51. The van der Waals surface area contributed by atoms with Gasteiger partial charge in [-0.05, 0) is 19.1 Å². The Morgan fingerprint density at radius 2 is 2.19 bits per heavy atom. The van der Waals surface area contributed by atoms with Crippen molar-refractivity contribution in [2.45, 2.75) is 13.5 Å². The van der Waals surface area contributed by atoms with Crippen molar-refractivity contribution in [1.82, 2.24) is 9.78 Å². The summed E-state index contributed by atoms with van der Waals surface area (Å²) in [6, 6.07) is 4.14. The lowest BCUT2D eigenvalue weighted by Crippen LogP contribution is -2.01. The zero-order valence-corrected chi connectivity index (χ0v) is 8.32. The summed E-state index contributed by atoms with van der Waals surface area (Å²) in [5.41, 5.74) is 0.617. The minimum atomic E-state index is -2.72. The number of carbonyl (C=O) groups is 1. The number of benzene rings is 1. The molecule has 0 saturated heterocycles. The van der Waals surface area contributed by atoms with Gasteiger partial charge >= 0.3 is 12.5 Å². The van der Waals surface area contributed by atoms with Crippen LogP contribution in [-0.2, 0) is 0 Å². The van der Waals surface area contributed by atoms with Gasteiger partial charge in [-0.3, -0.25) is 0 Å². The second-order valence-corrected chi connectivity index (χ2v) is 3.34. The quantitative estimate of drug-likeness (QED) is 0.855. The van der Waals surface area contributed by atoms with Crippen molar-refractivity contribution < 1.29 is 18.7 Å². The number of fused-ring (bicyclic) bond motifs is 1. The molecule has 1 aromatic carbocycles. The fourth-order valence-corrected chi connectivity index (χ4v) is 1.56. The first kappa shape index (κ1) is 10.5. The summed E-state index contributed by atoms with van der Waals surface area (Å²) >= 11 is 0. The van der Waals surface area contributed by atoms with Crippen molar-refractivity contribution in [3.05, 3.63) is 29.5 Å². The highest BCUT2D eigenvalue weighted by atomic mass is 19.3. The van der Waals surface area contributed by atoms with Crippen LogP contribution in [-0.4, -0.2) is 20.9 Å². The minimum absolute atomic E-state index is 0.0337. The molecule has 2 rings (SSSR count). The standard InChI is InChI=1S/C10H8F2N2O2/c1-5-7-3-2-6(9(15)16)4-8(7)13-14(5)10(11)12/h2-4,10H,1H3,(H,15,16). The van der Waals surface area contributed by atoms with Crippen molar-refractivity contribution in [3.63, 3.8) is 0 Å². The SMILES string of the molecule is Cc1c2ccc(C(=O)O)cc2nn1C(F)F. The number of aromatic carboxylic acids is 1. The number of aryl methyl sites for hydroxylation is 1. The molecule has 0 bridgehead atoms. The third-order valence-electron chi connectivity index (χ3n) is 2.38. The molecule has 0 spiro atoms. The molecule has 0 aliphatic rings.